The third-order valence-corrected chi connectivity index (χ3v) is 12.5. The molecule has 1 aliphatic rings. The van der Waals surface area contributed by atoms with E-state index in [-0.39, 0.29) is 24.7 Å². The summed E-state index contributed by atoms with van der Waals surface area (Å²) in [6, 6.07) is 13.6. The molecule has 7 rings (SSSR count). The first-order chi connectivity index (χ1) is 28.8. The van der Waals surface area contributed by atoms with Gasteiger partial charge in [-0.15, -0.1) is 11.3 Å². The summed E-state index contributed by atoms with van der Waals surface area (Å²) in [5.74, 6) is -3.35. The Morgan fingerprint density at radius 1 is 1.10 bits per heavy atom. The maximum absolute atomic E-state index is 13.8. The van der Waals surface area contributed by atoms with E-state index in [1.165, 1.54) is 18.3 Å². The molecule has 0 aliphatic carbocycles. The van der Waals surface area contributed by atoms with Gasteiger partial charge in [-0.05, 0) is 89.4 Å². The summed E-state index contributed by atoms with van der Waals surface area (Å²) in [7, 11) is 2.13. The van der Waals surface area contributed by atoms with Crippen molar-refractivity contribution in [2.75, 3.05) is 46.4 Å². The number of nitrogens with zero attached hydrogens (tertiary/aromatic N) is 6. The van der Waals surface area contributed by atoms with Crippen molar-refractivity contribution < 1.29 is 32.9 Å². The minimum absolute atomic E-state index is 0.106. The van der Waals surface area contributed by atoms with E-state index in [4.69, 9.17) is 30.8 Å². The molecule has 2 aromatic carbocycles. The summed E-state index contributed by atoms with van der Waals surface area (Å²) < 4.78 is 53.7. The number of benzene rings is 2. The SMILES string of the molecule is C=C/C(CC(Oc1nsc2cnc(-c3ccc4sccc4c3)c(-c3ccc(OCCN4CCN(C)CC4)c(Cl)c3C)c12)C(=O)O)=C(\C=C)OCc1ccnn1CC(C)(F)F. The molecule has 1 saturated heterocycles. The van der Waals surface area contributed by atoms with Gasteiger partial charge in [0.2, 0.25) is 12.0 Å². The van der Waals surface area contributed by atoms with Gasteiger partial charge in [0.05, 0.1) is 26.5 Å². The molecule has 0 amide bonds. The van der Waals surface area contributed by atoms with Crippen molar-refractivity contribution >= 4 is 60.6 Å². The van der Waals surface area contributed by atoms with Crippen LogP contribution in [0.25, 0.3) is 42.6 Å². The Kier molecular flexibility index (Phi) is 13.3. The van der Waals surface area contributed by atoms with E-state index in [0.717, 1.165) is 82.6 Å². The van der Waals surface area contributed by atoms with Gasteiger partial charge in [-0.2, -0.15) is 9.47 Å². The number of carboxylic acid groups (broad SMARTS) is 1. The summed E-state index contributed by atoms with van der Waals surface area (Å²) in [6.45, 7) is 15.0. The fourth-order valence-electron chi connectivity index (χ4n) is 7.11. The highest BCUT2D eigenvalue weighted by atomic mass is 35.5. The van der Waals surface area contributed by atoms with Crippen LogP contribution in [0.3, 0.4) is 0 Å². The number of alkyl halides is 2. The van der Waals surface area contributed by atoms with Crippen LogP contribution in [0.5, 0.6) is 11.6 Å². The van der Waals surface area contributed by atoms with Gasteiger partial charge in [-0.25, -0.2) is 13.6 Å². The predicted octanol–water partition coefficient (Wildman–Crippen LogP) is 9.74. The Hall–Kier alpha value is -5.19. The van der Waals surface area contributed by atoms with Crippen LogP contribution >= 0.6 is 34.5 Å². The maximum Gasteiger partial charge on any atom is 0.345 e. The lowest BCUT2D eigenvalue weighted by Crippen LogP contribution is -2.45. The largest absolute Gasteiger partial charge is 0.491 e. The Morgan fingerprint density at radius 3 is 2.63 bits per heavy atom. The van der Waals surface area contributed by atoms with Gasteiger partial charge in [0, 0.05) is 74.3 Å². The zero-order valence-electron chi connectivity index (χ0n) is 33.5. The average molecular weight is 875 g/mol. The number of rotatable bonds is 18. The number of ether oxygens (including phenoxy) is 3. The number of likely N-dealkylation sites (N-methyl/N-ethyl adjacent to an activating group) is 1. The van der Waals surface area contributed by atoms with E-state index >= 15 is 0 Å². The molecule has 6 aromatic rings. The third kappa shape index (κ3) is 9.71. The number of piperazine rings is 1. The number of carboxylic acids is 1. The Morgan fingerprint density at radius 2 is 1.90 bits per heavy atom. The molecule has 1 unspecified atom stereocenters. The van der Waals surface area contributed by atoms with Crippen LogP contribution in [-0.4, -0.2) is 98.4 Å². The summed E-state index contributed by atoms with van der Waals surface area (Å²) in [4.78, 5) is 22.6. The number of hydrogen-bond donors (Lipinski definition) is 1. The lowest BCUT2D eigenvalue weighted by atomic mass is 9.93. The Labute approximate surface area is 359 Å². The minimum atomic E-state index is -2.99. The topological polar surface area (TPSA) is 115 Å². The number of allylic oxidation sites excluding steroid dienone is 2. The fraction of sp³-hybridized carbons (Fsp3) is 0.318. The van der Waals surface area contributed by atoms with E-state index in [1.54, 1.807) is 23.6 Å². The molecule has 4 aromatic heterocycles. The zero-order valence-corrected chi connectivity index (χ0v) is 35.9. The van der Waals surface area contributed by atoms with Crippen LogP contribution in [0.4, 0.5) is 8.78 Å². The van der Waals surface area contributed by atoms with Crippen molar-refractivity contribution in [2.45, 2.75) is 45.4 Å². The lowest BCUT2D eigenvalue weighted by molar-refractivity contribution is -0.145. The molecule has 16 heteroatoms. The zero-order chi connectivity index (χ0) is 42.6. The van der Waals surface area contributed by atoms with Crippen molar-refractivity contribution in [3.63, 3.8) is 0 Å². The summed E-state index contributed by atoms with van der Waals surface area (Å²) in [6.07, 6.45) is 4.37. The molecule has 60 heavy (non-hydrogen) atoms. The van der Waals surface area contributed by atoms with Gasteiger partial charge < -0.3 is 24.2 Å². The molecule has 1 fully saturated rings. The first kappa shape index (κ1) is 42.9. The first-order valence-electron chi connectivity index (χ1n) is 19.3. The van der Waals surface area contributed by atoms with Crippen LogP contribution in [-0.2, 0) is 22.7 Å². The maximum atomic E-state index is 13.8. The lowest BCUT2D eigenvalue weighted by Gasteiger charge is -2.32. The second kappa shape index (κ2) is 18.6. The van der Waals surface area contributed by atoms with Gasteiger partial charge >= 0.3 is 5.97 Å². The molecule has 5 heterocycles. The smallest absolute Gasteiger partial charge is 0.345 e. The second-order valence-electron chi connectivity index (χ2n) is 14.7. The van der Waals surface area contributed by atoms with Gasteiger partial charge in [0.25, 0.3) is 5.92 Å². The number of fused-ring (bicyclic) bond motifs is 2. The highest BCUT2D eigenvalue weighted by Gasteiger charge is 2.29. The number of aliphatic carboxylic acids is 1. The molecule has 0 saturated carbocycles. The molecule has 1 atom stereocenters. The van der Waals surface area contributed by atoms with E-state index < -0.39 is 24.5 Å². The van der Waals surface area contributed by atoms with Gasteiger partial charge in [-0.3, -0.25) is 14.6 Å². The van der Waals surface area contributed by atoms with Crippen molar-refractivity contribution in [3.8, 4) is 34.0 Å². The first-order valence-corrected chi connectivity index (χ1v) is 21.3. The second-order valence-corrected chi connectivity index (χ2v) is 16.8. The molecule has 0 radical (unpaired) electrons. The molecular formula is C44H45ClF2N6O5S2. The number of aromatic nitrogens is 4. The van der Waals surface area contributed by atoms with E-state index in [0.29, 0.717) is 50.0 Å². The monoisotopic (exact) mass is 874 g/mol. The quantitative estimate of drug-likeness (QED) is 0.0662. The highest BCUT2D eigenvalue weighted by molar-refractivity contribution is 7.17. The average Bonchev–Trinajstić information content (AvgIpc) is 3.98. The number of hydrogen-bond acceptors (Lipinski definition) is 11. The van der Waals surface area contributed by atoms with Crippen molar-refractivity contribution in [3.05, 3.63) is 113 Å². The number of carbonyl (C=O) groups is 1. The van der Waals surface area contributed by atoms with Crippen LogP contribution in [0.1, 0.15) is 24.6 Å². The van der Waals surface area contributed by atoms with Crippen molar-refractivity contribution in [1.82, 2.24) is 28.9 Å². The molecule has 1 N–H and O–H groups in total. The Bertz CT molecular complexity index is 2560. The van der Waals surface area contributed by atoms with Crippen molar-refractivity contribution in [1.29, 1.82) is 0 Å². The summed E-state index contributed by atoms with van der Waals surface area (Å²) >= 11 is 9.88. The van der Waals surface area contributed by atoms with E-state index in [9.17, 15) is 18.7 Å². The number of pyridine rings is 1. The van der Waals surface area contributed by atoms with Gasteiger partial charge in [0.15, 0.2) is 0 Å². The van der Waals surface area contributed by atoms with Crippen LogP contribution in [0.2, 0.25) is 5.02 Å². The van der Waals surface area contributed by atoms with Gasteiger partial charge in [-0.1, -0.05) is 43.0 Å². The standard InChI is InChI=1S/C44H45ClF2N6O5S2/c1-6-28(33(7-2)57-25-31-12-14-49-53(31)26-44(4,46)47)23-35(43(54)55)58-42-39-37(60-50-42)24-48-41(30-8-11-36-29(22-30)13-21-59-36)38(39)32-9-10-34(40(45)27(32)3)56-20-19-52-17-15-51(5)16-18-52/h6-14,21-22,24,35H,1-2,15-20,23,25-26H2,3-5H3,(H,54,55)/b33-28-. The van der Waals surface area contributed by atoms with E-state index in [1.807, 2.05) is 30.5 Å². The summed E-state index contributed by atoms with van der Waals surface area (Å²) in [5.41, 5.74) is 4.46. The normalized spacial score (nSPS) is 14.9. The number of halogens is 3. The van der Waals surface area contributed by atoms with Crippen LogP contribution in [0, 0.1) is 6.92 Å². The van der Waals surface area contributed by atoms with Crippen LogP contribution in [0.15, 0.2) is 96.9 Å². The van der Waals surface area contributed by atoms with E-state index in [2.05, 4.69) is 57.7 Å². The van der Waals surface area contributed by atoms with Crippen molar-refractivity contribution in [2.24, 2.45) is 0 Å². The summed E-state index contributed by atoms with van der Waals surface area (Å²) in [5, 5.41) is 18.7. The highest BCUT2D eigenvalue weighted by Crippen LogP contribution is 2.46. The minimum Gasteiger partial charge on any atom is -0.491 e. The van der Waals surface area contributed by atoms with Gasteiger partial charge in [0.1, 0.15) is 31.3 Å². The third-order valence-electron chi connectivity index (χ3n) is 10.4. The van der Waals surface area contributed by atoms with Crippen LogP contribution < -0.4 is 9.47 Å². The fourth-order valence-corrected chi connectivity index (χ4v) is 8.79. The molecule has 314 valence electrons. The molecule has 0 bridgehead atoms. The number of thiophene rings is 1. The predicted molar refractivity (Wildman–Crippen MR) is 235 cm³/mol. The molecule has 11 nitrogen and oxygen atoms in total. The molecule has 0 spiro atoms. The molecular weight excluding hydrogens is 830 g/mol. The Balaban J connectivity index is 1.23. The molecule has 1 aliphatic heterocycles.